The van der Waals surface area contributed by atoms with Crippen molar-refractivity contribution in [2.45, 2.75) is 30.9 Å². The molecule has 0 aliphatic carbocycles. The number of rotatable bonds is 7. The van der Waals surface area contributed by atoms with Gasteiger partial charge < -0.3 is 16.2 Å². The molecule has 1 aromatic rings. The van der Waals surface area contributed by atoms with E-state index in [1.807, 2.05) is 0 Å². The maximum Gasteiger partial charge on any atom is 0.329 e. The largest absolute Gasteiger partial charge is 0.460 e. The van der Waals surface area contributed by atoms with E-state index in [0.29, 0.717) is 5.56 Å². The number of ether oxygens (including phenoxy) is 1. The summed E-state index contributed by atoms with van der Waals surface area (Å²) >= 11 is 0. The molecule has 0 aliphatic rings. The first-order valence-electron chi connectivity index (χ1n) is 6.36. The van der Waals surface area contributed by atoms with Crippen LogP contribution in [0.5, 0.6) is 0 Å². The third-order valence-electron chi connectivity index (χ3n) is 2.88. The molecule has 8 nitrogen and oxygen atoms in total. The van der Waals surface area contributed by atoms with Gasteiger partial charge in [0, 0.05) is 0 Å². The number of nitrogens with two attached hydrogens (primary N) is 2. The van der Waals surface area contributed by atoms with Crippen molar-refractivity contribution >= 4 is 21.9 Å². The molecule has 22 heavy (non-hydrogen) atoms. The molecule has 5 N–H and O–H groups in total. The zero-order valence-electron chi connectivity index (χ0n) is 11.9. The molecule has 0 aliphatic heterocycles. The van der Waals surface area contributed by atoms with Crippen molar-refractivity contribution in [2.24, 2.45) is 11.5 Å². The van der Waals surface area contributed by atoms with Crippen molar-refractivity contribution in [1.82, 2.24) is 0 Å². The molecule has 1 rings (SSSR count). The van der Waals surface area contributed by atoms with Gasteiger partial charge in [-0.3, -0.25) is 14.1 Å². The van der Waals surface area contributed by atoms with E-state index in [9.17, 15) is 18.0 Å². The van der Waals surface area contributed by atoms with E-state index in [0.717, 1.165) is 0 Å². The number of hydrogen-bond acceptors (Lipinski definition) is 7. The van der Waals surface area contributed by atoms with Crippen LogP contribution in [-0.4, -0.2) is 42.1 Å². The molecule has 9 heteroatoms. The highest BCUT2D eigenvalue weighted by Crippen LogP contribution is 2.10. The predicted octanol–water partition coefficient (Wildman–Crippen LogP) is -0.770. The van der Waals surface area contributed by atoms with Gasteiger partial charge in [0.25, 0.3) is 10.1 Å². The van der Waals surface area contributed by atoms with Crippen LogP contribution in [-0.2, 0) is 31.1 Å². The van der Waals surface area contributed by atoms with Crippen molar-refractivity contribution in [3.8, 4) is 0 Å². The normalized spacial score (nSPS) is 15.6. The van der Waals surface area contributed by atoms with Crippen LogP contribution in [0.2, 0.25) is 0 Å². The van der Waals surface area contributed by atoms with Crippen LogP contribution in [0.4, 0.5) is 0 Å². The number of hydrogen-bond donors (Lipinski definition) is 3. The summed E-state index contributed by atoms with van der Waals surface area (Å²) in [6.45, 7) is 1.07. The highest BCUT2D eigenvalue weighted by Gasteiger charge is 2.42. The molecule has 0 saturated carbocycles. The third-order valence-corrected chi connectivity index (χ3v) is 4.01. The molecule has 0 amide bonds. The Morgan fingerprint density at radius 1 is 1.23 bits per heavy atom. The topological polar surface area (TPSA) is 150 Å². The summed E-state index contributed by atoms with van der Waals surface area (Å²) in [5.74, 6) is -2.19. The van der Waals surface area contributed by atoms with E-state index in [-0.39, 0.29) is 6.61 Å². The van der Waals surface area contributed by atoms with Gasteiger partial charge in [-0.05, 0) is 12.5 Å². The van der Waals surface area contributed by atoms with E-state index >= 15 is 0 Å². The van der Waals surface area contributed by atoms with Crippen LogP contribution in [0.1, 0.15) is 12.5 Å². The number of ketones is 1. The zero-order valence-corrected chi connectivity index (χ0v) is 12.7. The Hall–Kier alpha value is -1.81. The predicted molar refractivity (Wildman–Crippen MR) is 78.2 cm³/mol. The summed E-state index contributed by atoms with van der Waals surface area (Å²) in [7, 11) is -4.92. The Morgan fingerprint density at radius 2 is 1.77 bits per heavy atom. The monoisotopic (exact) mass is 330 g/mol. The van der Waals surface area contributed by atoms with Crippen LogP contribution in [0.3, 0.4) is 0 Å². The van der Waals surface area contributed by atoms with Crippen molar-refractivity contribution in [3.05, 3.63) is 35.9 Å². The fourth-order valence-electron chi connectivity index (χ4n) is 1.72. The lowest BCUT2D eigenvalue weighted by molar-refractivity contribution is -0.146. The average molecular weight is 330 g/mol. The second-order valence-electron chi connectivity index (χ2n) is 4.75. The summed E-state index contributed by atoms with van der Waals surface area (Å²) in [5, 5.41) is -2.21. The Kier molecular flexibility index (Phi) is 6.18. The average Bonchev–Trinajstić information content (AvgIpc) is 2.43. The second-order valence-corrected chi connectivity index (χ2v) is 6.28. The lowest BCUT2D eigenvalue weighted by atomic mass is 10.0. The maximum atomic E-state index is 11.9. The number of esters is 1. The molecule has 3 unspecified atom stereocenters. The van der Waals surface area contributed by atoms with Gasteiger partial charge >= 0.3 is 5.97 Å². The fourth-order valence-corrected chi connectivity index (χ4v) is 2.53. The molecule has 122 valence electrons. The first-order valence-corrected chi connectivity index (χ1v) is 7.86. The number of Topliss-reactive ketones (excluding diaryl/α,β-unsaturated/α-hetero) is 1. The quantitative estimate of drug-likeness (QED) is 0.435. The molecule has 0 bridgehead atoms. The summed E-state index contributed by atoms with van der Waals surface area (Å²) in [6, 6.07) is 5.58. The minimum atomic E-state index is -4.92. The van der Waals surface area contributed by atoms with Gasteiger partial charge in [0.05, 0.1) is 12.1 Å². The molecule has 0 radical (unpaired) electrons. The summed E-state index contributed by atoms with van der Waals surface area (Å²) in [5.41, 5.74) is 11.4. The highest BCUT2D eigenvalue weighted by atomic mass is 32.2. The van der Waals surface area contributed by atoms with E-state index in [4.69, 9.17) is 20.8 Å². The SMILES string of the molecule is CC(N)C(=O)C(N)C(C(=O)OCc1ccccc1)S(=O)(=O)O. The van der Waals surface area contributed by atoms with Crippen LogP contribution in [0.25, 0.3) is 0 Å². The molecule has 0 saturated heterocycles. The Bertz CT molecular complexity index is 629. The van der Waals surface area contributed by atoms with E-state index in [1.165, 1.54) is 6.92 Å². The minimum absolute atomic E-state index is 0.217. The first-order chi connectivity index (χ1) is 10.1. The standard InChI is InChI=1S/C13H18N2O6S/c1-8(14)11(16)10(15)12(22(18,19)20)13(17)21-7-9-5-3-2-4-6-9/h2-6,8,10,12H,7,14-15H2,1H3,(H,18,19,20). The maximum absolute atomic E-state index is 11.9. The van der Waals surface area contributed by atoms with Gasteiger partial charge in [0.1, 0.15) is 6.61 Å². The van der Waals surface area contributed by atoms with Gasteiger partial charge in [-0.15, -0.1) is 0 Å². The zero-order chi connectivity index (χ0) is 16.9. The van der Waals surface area contributed by atoms with Gasteiger partial charge in [-0.1, -0.05) is 30.3 Å². The summed E-state index contributed by atoms with van der Waals surface area (Å²) in [6.07, 6.45) is 0. The Morgan fingerprint density at radius 3 is 2.23 bits per heavy atom. The van der Waals surface area contributed by atoms with Crippen molar-refractivity contribution in [2.75, 3.05) is 0 Å². The van der Waals surface area contributed by atoms with Gasteiger partial charge in [0.15, 0.2) is 5.78 Å². The Balaban J connectivity index is 2.89. The molecular weight excluding hydrogens is 312 g/mol. The van der Waals surface area contributed by atoms with Crippen LogP contribution in [0, 0.1) is 0 Å². The van der Waals surface area contributed by atoms with Crippen LogP contribution in [0.15, 0.2) is 30.3 Å². The van der Waals surface area contributed by atoms with Crippen LogP contribution >= 0.6 is 0 Å². The first kappa shape index (κ1) is 18.2. The van der Waals surface area contributed by atoms with Gasteiger partial charge in [0.2, 0.25) is 5.25 Å². The van der Waals surface area contributed by atoms with Crippen LogP contribution < -0.4 is 11.5 Å². The second kappa shape index (κ2) is 7.45. The minimum Gasteiger partial charge on any atom is -0.460 e. The van der Waals surface area contributed by atoms with Crippen molar-refractivity contribution < 1.29 is 27.3 Å². The fraction of sp³-hybridized carbons (Fsp3) is 0.385. The summed E-state index contributed by atoms with van der Waals surface area (Å²) in [4.78, 5) is 23.6. The summed E-state index contributed by atoms with van der Waals surface area (Å²) < 4.78 is 36.6. The number of benzene rings is 1. The lowest BCUT2D eigenvalue weighted by Gasteiger charge is -2.20. The lowest BCUT2D eigenvalue weighted by Crippen LogP contribution is -2.54. The molecule has 0 fully saturated rings. The van der Waals surface area contributed by atoms with Crippen molar-refractivity contribution in [1.29, 1.82) is 0 Å². The van der Waals surface area contributed by atoms with E-state index in [1.54, 1.807) is 30.3 Å². The van der Waals surface area contributed by atoms with Gasteiger partial charge in [-0.2, -0.15) is 8.42 Å². The molecule has 0 heterocycles. The van der Waals surface area contributed by atoms with Gasteiger partial charge in [-0.25, -0.2) is 0 Å². The highest BCUT2D eigenvalue weighted by molar-refractivity contribution is 7.87. The van der Waals surface area contributed by atoms with E-state index in [2.05, 4.69) is 0 Å². The van der Waals surface area contributed by atoms with Crippen molar-refractivity contribution in [3.63, 3.8) is 0 Å². The molecule has 0 aromatic heterocycles. The Labute approximate surface area is 128 Å². The van der Waals surface area contributed by atoms with E-state index < -0.39 is 39.2 Å². The molecule has 1 aromatic carbocycles. The number of carbonyl (C=O) groups excluding carboxylic acids is 2. The molecule has 0 spiro atoms. The third kappa shape index (κ3) is 4.88. The smallest absolute Gasteiger partial charge is 0.329 e. The number of carbonyl (C=O) groups is 2. The molecule has 3 atom stereocenters. The molecular formula is C13H18N2O6S.